The standard InChI is InChI=1S/C15H30N2/c1-12-9-13(2)17(10-12)11-15(16-3)14-7-5-4-6-8-14/h12-16H,4-11H2,1-3H3. The molecular formula is C15H30N2. The third kappa shape index (κ3) is 3.45. The van der Waals surface area contributed by atoms with Gasteiger partial charge in [0, 0.05) is 25.2 Å². The second-order valence-electron chi connectivity index (χ2n) is 6.44. The molecule has 1 saturated heterocycles. The number of nitrogens with one attached hydrogen (secondary N) is 1. The zero-order valence-electron chi connectivity index (χ0n) is 11.9. The lowest BCUT2D eigenvalue weighted by Gasteiger charge is -2.34. The van der Waals surface area contributed by atoms with Gasteiger partial charge in [-0.15, -0.1) is 0 Å². The molecule has 2 nitrogen and oxygen atoms in total. The molecule has 0 amide bonds. The van der Waals surface area contributed by atoms with Gasteiger partial charge in [0.2, 0.25) is 0 Å². The van der Waals surface area contributed by atoms with Gasteiger partial charge in [0.1, 0.15) is 0 Å². The summed E-state index contributed by atoms with van der Waals surface area (Å²) in [5.41, 5.74) is 0. The van der Waals surface area contributed by atoms with Crippen LogP contribution in [0.25, 0.3) is 0 Å². The topological polar surface area (TPSA) is 15.3 Å². The Morgan fingerprint density at radius 3 is 2.41 bits per heavy atom. The van der Waals surface area contributed by atoms with Crippen LogP contribution in [0.3, 0.4) is 0 Å². The van der Waals surface area contributed by atoms with E-state index in [1.165, 1.54) is 51.6 Å². The molecule has 1 saturated carbocycles. The van der Waals surface area contributed by atoms with Crippen molar-refractivity contribution < 1.29 is 0 Å². The molecule has 3 unspecified atom stereocenters. The molecule has 0 aromatic carbocycles. The first kappa shape index (κ1) is 13.4. The Labute approximate surface area is 107 Å². The maximum Gasteiger partial charge on any atom is 0.0220 e. The van der Waals surface area contributed by atoms with E-state index in [1.54, 1.807) is 0 Å². The van der Waals surface area contributed by atoms with Crippen LogP contribution in [0.1, 0.15) is 52.4 Å². The van der Waals surface area contributed by atoms with Crippen molar-refractivity contribution in [2.24, 2.45) is 11.8 Å². The number of hydrogen-bond donors (Lipinski definition) is 1. The zero-order chi connectivity index (χ0) is 12.3. The van der Waals surface area contributed by atoms with E-state index in [9.17, 15) is 0 Å². The molecule has 0 bridgehead atoms. The maximum absolute atomic E-state index is 3.59. The minimum absolute atomic E-state index is 0.725. The molecule has 0 aromatic heterocycles. The molecule has 0 aromatic rings. The van der Waals surface area contributed by atoms with E-state index >= 15 is 0 Å². The monoisotopic (exact) mass is 238 g/mol. The fourth-order valence-corrected chi connectivity index (χ4v) is 3.91. The van der Waals surface area contributed by atoms with Crippen molar-refractivity contribution in [3.8, 4) is 0 Å². The molecule has 2 heteroatoms. The molecule has 1 heterocycles. The van der Waals surface area contributed by atoms with E-state index in [4.69, 9.17) is 0 Å². The Balaban J connectivity index is 1.85. The summed E-state index contributed by atoms with van der Waals surface area (Å²) in [6, 6.07) is 1.52. The van der Waals surface area contributed by atoms with Crippen molar-refractivity contribution in [3.63, 3.8) is 0 Å². The van der Waals surface area contributed by atoms with Crippen LogP contribution in [0.4, 0.5) is 0 Å². The van der Waals surface area contributed by atoms with E-state index < -0.39 is 0 Å². The van der Waals surface area contributed by atoms with Crippen LogP contribution in [-0.2, 0) is 0 Å². The second kappa shape index (κ2) is 6.19. The van der Waals surface area contributed by atoms with Crippen molar-refractivity contribution >= 4 is 0 Å². The van der Waals surface area contributed by atoms with Gasteiger partial charge in [-0.3, -0.25) is 4.90 Å². The molecule has 1 aliphatic carbocycles. The first-order chi connectivity index (χ1) is 8.20. The number of likely N-dealkylation sites (tertiary alicyclic amines) is 1. The fourth-order valence-electron chi connectivity index (χ4n) is 3.91. The van der Waals surface area contributed by atoms with Crippen molar-refractivity contribution in [2.75, 3.05) is 20.1 Å². The maximum atomic E-state index is 3.59. The molecule has 17 heavy (non-hydrogen) atoms. The van der Waals surface area contributed by atoms with Crippen molar-refractivity contribution in [2.45, 2.75) is 64.5 Å². The first-order valence-electron chi connectivity index (χ1n) is 7.62. The average molecular weight is 238 g/mol. The van der Waals surface area contributed by atoms with Gasteiger partial charge in [0.15, 0.2) is 0 Å². The van der Waals surface area contributed by atoms with Crippen LogP contribution in [0, 0.1) is 11.8 Å². The van der Waals surface area contributed by atoms with Crippen LogP contribution in [-0.4, -0.2) is 37.1 Å². The van der Waals surface area contributed by atoms with Crippen LogP contribution in [0.2, 0.25) is 0 Å². The number of nitrogens with zero attached hydrogens (tertiary/aromatic N) is 1. The molecule has 3 atom stereocenters. The highest BCUT2D eigenvalue weighted by Crippen LogP contribution is 2.29. The molecule has 1 N–H and O–H groups in total. The summed E-state index contributed by atoms with van der Waals surface area (Å²) in [7, 11) is 2.16. The molecule has 2 rings (SSSR count). The Morgan fingerprint density at radius 1 is 1.18 bits per heavy atom. The average Bonchev–Trinajstić information content (AvgIpc) is 2.66. The number of rotatable bonds is 4. The van der Waals surface area contributed by atoms with Crippen molar-refractivity contribution in [1.82, 2.24) is 10.2 Å². The molecule has 2 aliphatic rings. The minimum Gasteiger partial charge on any atom is -0.315 e. The largest absolute Gasteiger partial charge is 0.315 e. The van der Waals surface area contributed by atoms with E-state index in [0.717, 1.165) is 23.9 Å². The number of hydrogen-bond acceptors (Lipinski definition) is 2. The van der Waals surface area contributed by atoms with Crippen LogP contribution in [0.5, 0.6) is 0 Å². The lowest BCUT2D eigenvalue weighted by atomic mass is 9.83. The van der Waals surface area contributed by atoms with Crippen LogP contribution in [0.15, 0.2) is 0 Å². The summed E-state index contributed by atoms with van der Waals surface area (Å²) in [6.07, 6.45) is 8.65. The lowest BCUT2D eigenvalue weighted by molar-refractivity contribution is 0.183. The zero-order valence-corrected chi connectivity index (χ0v) is 11.9. The van der Waals surface area contributed by atoms with E-state index in [1.807, 2.05) is 0 Å². The van der Waals surface area contributed by atoms with Gasteiger partial charge in [-0.2, -0.15) is 0 Å². The van der Waals surface area contributed by atoms with Crippen LogP contribution < -0.4 is 5.32 Å². The van der Waals surface area contributed by atoms with Crippen molar-refractivity contribution in [3.05, 3.63) is 0 Å². The predicted molar refractivity (Wildman–Crippen MR) is 74.2 cm³/mol. The van der Waals surface area contributed by atoms with Gasteiger partial charge in [0.25, 0.3) is 0 Å². The quantitative estimate of drug-likeness (QED) is 0.810. The summed E-state index contributed by atoms with van der Waals surface area (Å²) in [5, 5.41) is 3.59. The molecular weight excluding hydrogens is 208 g/mol. The third-order valence-corrected chi connectivity index (χ3v) is 4.93. The second-order valence-corrected chi connectivity index (χ2v) is 6.44. The lowest BCUT2D eigenvalue weighted by Crippen LogP contribution is -2.45. The Bertz CT molecular complexity index is 223. The van der Waals surface area contributed by atoms with Crippen molar-refractivity contribution in [1.29, 1.82) is 0 Å². The van der Waals surface area contributed by atoms with E-state index in [-0.39, 0.29) is 0 Å². The summed E-state index contributed by atoms with van der Waals surface area (Å²) in [5.74, 6) is 1.82. The molecule has 1 aliphatic heterocycles. The van der Waals surface area contributed by atoms with E-state index in [0.29, 0.717) is 0 Å². The van der Waals surface area contributed by atoms with Gasteiger partial charge >= 0.3 is 0 Å². The summed E-state index contributed by atoms with van der Waals surface area (Å²) in [4.78, 5) is 2.71. The van der Waals surface area contributed by atoms with Gasteiger partial charge in [-0.25, -0.2) is 0 Å². The molecule has 2 fully saturated rings. The fraction of sp³-hybridized carbons (Fsp3) is 1.00. The van der Waals surface area contributed by atoms with E-state index in [2.05, 4.69) is 31.1 Å². The first-order valence-corrected chi connectivity index (χ1v) is 7.62. The molecule has 0 spiro atoms. The molecule has 0 radical (unpaired) electrons. The highest BCUT2D eigenvalue weighted by atomic mass is 15.2. The number of likely N-dealkylation sites (N-methyl/N-ethyl adjacent to an activating group) is 1. The summed E-state index contributed by atoms with van der Waals surface area (Å²) >= 11 is 0. The highest BCUT2D eigenvalue weighted by molar-refractivity contribution is 4.87. The van der Waals surface area contributed by atoms with Crippen LogP contribution >= 0.6 is 0 Å². The van der Waals surface area contributed by atoms with Gasteiger partial charge in [-0.05, 0) is 45.1 Å². The normalized spacial score (nSPS) is 34.1. The predicted octanol–water partition coefficient (Wildman–Crippen LogP) is 2.89. The van der Waals surface area contributed by atoms with Gasteiger partial charge < -0.3 is 5.32 Å². The Kier molecular flexibility index (Phi) is 4.87. The summed E-state index contributed by atoms with van der Waals surface area (Å²) < 4.78 is 0. The highest BCUT2D eigenvalue weighted by Gasteiger charge is 2.30. The molecule has 100 valence electrons. The minimum atomic E-state index is 0.725. The Hall–Kier alpha value is -0.0800. The third-order valence-electron chi connectivity index (χ3n) is 4.93. The SMILES string of the molecule is CNC(CN1CC(C)CC1C)C1CCCCC1. The van der Waals surface area contributed by atoms with Gasteiger partial charge in [-0.1, -0.05) is 26.2 Å². The Morgan fingerprint density at radius 2 is 1.88 bits per heavy atom. The summed E-state index contributed by atoms with van der Waals surface area (Å²) in [6.45, 7) is 7.38. The van der Waals surface area contributed by atoms with Gasteiger partial charge in [0.05, 0.1) is 0 Å². The smallest absolute Gasteiger partial charge is 0.0220 e.